The monoisotopic (exact) mass is 513 g/mol. The first-order chi connectivity index (χ1) is 17.5. The molecule has 0 spiro atoms. The lowest BCUT2D eigenvalue weighted by atomic mass is 9.96. The molecule has 0 bridgehead atoms. The Morgan fingerprint density at radius 3 is 2.30 bits per heavy atom. The number of rotatable bonds is 10. The number of nitrogens with two attached hydrogens (primary N) is 1. The molecule has 0 aliphatic heterocycles. The second-order valence-electron chi connectivity index (χ2n) is 8.18. The number of nitrogens with one attached hydrogen (secondary N) is 2. The predicted octanol–water partition coefficient (Wildman–Crippen LogP) is 5.13. The highest BCUT2D eigenvalue weighted by atomic mass is 19.4. The Kier molecular flexibility index (Phi) is 8.91. The average Bonchev–Trinajstić information content (AvgIpc) is 2.86. The van der Waals surface area contributed by atoms with Crippen LogP contribution in [-0.2, 0) is 27.1 Å². The van der Waals surface area contributed by atoms with Crippen molar-refractivity contribution in [2.24, 2.45) is 0 Å². The van der Waals surface area contributed by atoms with Crippen molar-refractivity contribution < 1.29 is 32.6 Å². The van der Waals surface area contributed by atoms with Gasteiger partial charge in [0.15, 0.2) is 0 Å². The summed E-state index contributed by atoms with van der Waals surface area (Å²) in [6, 6.07) is 18.9. The maximum atomic E-state index is 13.4. The molecule has 0 unspecified atom stereocenters. The molecule has 0 saturated carbocycles. The van der Waals surface area contributed by atoms with Crippen LogP contribution in [-0.4, -0.2) is 23.6 Å². The van der Waals surface area contributed by atoms with Crippen LogP contribution in [0, 0.1) is 0 Å². The Labute approximate surface area is 211 Å². The Bertz CT molecular complexity index is 1260. The van der Waals surface area contributed by atoms with Gasteiger partial charge in [-0.2, -0.15) is 13.2 Å². The van der Waals surface area contributed by atoms with Gasteiger partial charge in [-0.05, 0) is 48.4 Å². The highest BCUT2D eigenvalue weighted by Crippen LogP contribution is 2.32. The number of halogens is 3. The summed E-state index contributed by atoms with van der Waals surface area (Å²) in [5.74, 6) is -1.94. The van der Waals surface area contributed by atoms with Crippen LogP contribution in [0.3, 0.4) is 0 Å². The first-order valence-corrected chi connectivity index (χ1v) is 11.2. The maximum Gasteiger partial charge on any atom is 0.416 e. The third-order valence-electron chi connectivity index (χ3n) is 5.37. The van der Waals surface area contributed by atoms with E-state index in [1.807, 2.05) is 6.07 Å². The largest absolute Gasteiger partial charge is 0.480 e. The lowest BCUT2D eigenvalue weighted by molar-refractivity contribution is -0.141. The smallest absolute Gasteiger partial charge is 0.416 e. The van der Waals surface area contributed by atoms with Gasteiger partial charge in [0.05, 0.1) is 23.7 Å². The standard InChI is InChI=1S/C27H26F3N3O4/c1-17(33-22-9-5-8-20(14-22)27(28,29)30)24(26(36)37-16-18-6-3-2-4-7-18)25(32-15-23(34)35)19-10-12-21(31)13-11-19/h2-14,25,32-33H,15-16,31H2,1H3,(H,34,35)/b24-17+/t25-/m1/s1. The molecule has 37 heavy (non-hydrogen) atoms. The number of hydrogen-bond acceptors (Lipinski definition) is 6. The van der Waals surface area contributed by atoms with Gasteiger partial charge < -0.3 is 20.9 Å². The Balaban J connectivity index is 2.04. The second-order valence-corrected chi connectivity index (χ2v) is 8.18. The Hall–Kier alpha value is -4.31. The minimum absolute atomic E-state index is 0.000589. The van der Waals surface area contributed by atoms with Crippen LogP contribution < -0.4 is 16.4 Å². The van der Waals surface area contributed by atoms with Crippen molar-refractivity contribution >= 4 is 23.3 Å². The molecule has 0 saturated heterocycles. The van der Waals surface area contributed by atoms with Crippen molar-refractivity contribution in [2.45, 2.75) is 25.7 Å². The number of carbonyl (C=O) groups excluding carboxylic acids is 1. The third kappa shape index (κ3) is 7.84. The van der Waals surface area contributed by atoms with Gasteiger partial charge in [0.2, 0.25) is 0 Å². The van der Waals surface area contributed by atoms with Crippen LogP contribution in [0.15, 0.2) is 90.1 Å². The van der Waals surface area contributed by atoms with Gasteiger partial charge in [-0.25, -0.2) is 4.79 Å². The minimum atomic E-state index is -4.55. The molecule has 0 heterocycles. The van der Waals surface area contributed by atoms with Gasteiger partial charge in [0.25, 0.3) is 0 Å². The molecule has 194 valence electrons. The number of carbonyl (C=O) groups is 2. The van der Waals surface area contributed by atoms with Crippen LogP contribution in [0.4, 0.5) is 24.5 Å². The molecule has 0 fully saturated rings. The maximum absolute atomic E-state index is 13.4. The molecule has 7 nitrogen and oxygen atoms in total. The summed E-state index contributed by atoms with van der Waals surface area (Å²) < 4.78 is 45.2. The Morgan fingerprint density at radius 1 is 1.00 bits per heavy atom. The summed E-state index contributed by atoms with van der Waals surface area (Å²) in [5.41, 5.74) is 6.88. The number of anilines is 2. The van der Waals surface area contributed by atoms with E-state index < -0.39 is 36.3 Å². The van der Waals surface area contributed by atoms with Crippen molar-refractivity contribution in [3.05, 3.63) is 107 Å². The number of hydrogen-bond donors (Lipinski definition) is 4. The van der Waals surface area contributed by atoms with Crippen molar-refractivity contribution in [1.82, 2.24) is 5.32 Å². The summed E-state index contributed by atoms with van der Waals surface area (Å²) in [5, 5.41) is 14.9. The molecule has 3 rings (SSSR count). The minimum Gasteiger partial charge on any atom is -0.480 e. The molecular formula is C27H26F3N3O4. The highest BCUT2D eigenvalue weighted by molar-refractivity contribution is 5.92. The van der Waals surface area contributed by atoms with Gasteiger partial charge in [-0.15, -0.1) is 0 Å². The number of allylic oxidation sites excluding steroid dienone is 1. The summed E-state index contributed by atoms with van der Waals surface area (Å²) in [6.45, 7) is 0.945. The number of carboxylic acid groups (broad SMARTS) is 1. The van der Waals surface area contributed by atoms with E-state index in [0.29, 0.717) is 11.3 Å². The molecular weight excluding hydrogens is 487 g/mol. The van der Waals surface area contributed by atoms with Crippen LogP contribution in [0.25, 0.3) is 0 Å². The van der Waals surface area contributed by atoms with Crippen molar-refractivity contribution in [1.29, 1.82) is 0 Å². The topological polar surface area (TPSA) is 114 Å². The van der Waals surface area contributed by atoms with Crippen LogP contribution >= 0.6 is 0 Å². The summed E-state index contributed by atoms with van der Waals surface area (Å²) in [6.07, 6.45) is -4.55. The fraction of sp³-hybridized carbons (Fsp3) is 0.185. The zero-order valence-corrected chi connectivity index (χ0v) is 19.9. The summed E-state index contributed by atoms with van der Waals surface area (Å²) in [7, 11) is 0. The SMILES string of the molecule is C/C(Nc1cccc(C(F)(F)F)c1)=C(\C(=O)OCc1ccccc1)[C@H](NCC(=O)O)c1ccc(N)cc1. The zero-order chi connectivity index (χ0) is 27.0. The predicted molar refractivity (Wildman–Crippen MR) is 133 cm³/mol. The molecule has 0 amide bonds. The molecule has 0 radical (unpaired) electrons. The van der Waals surface area contributed by atoms with E-state index in [-0.39, 0.29) is 23.6 Å². The van der Waals surface area contributed by atoms with Gasteiger partial charge >= 0.3 is 18.1 Å². The van der Waals surface area contributed by atoms with Crippen LogP contribution in [0.2, 0.25) is 0 Å². The average molecular weight is 514 g/mol. The number of nitrogen functional groups attached to an aromatic ring is 1. The quantitative estimate of drug-likeness (QED) is 0.169. The van der Waals surface area contributed by atoms with E-state index in [1.165, 1.54) is 19.1 Å². The van der Waals surface area contributed by atoms with Crippen LogP contribution in [0.5, 0.6) is 0 Å². The van der Waals surface area contributed by atoms with Gasteiger partial charge in [-0.1, -0.05) is 48.5 Å². The Morgan fingerprint density at radius 2 is 1.68 bits per heavy atom. The van der Waals surface area contributed by atoms with E-state index in [0.717, 1.165) is 17.7 Å². The first-order valence-electron chi connectivity index (χ1n) is 11.2. The molecule has 5 N–H and O–H groups in total. The van der Waals surface area contributed by atoms with Gasteiger partial charge in [0, 0.05) is 17.1 Å². The van der Waals surface area contributed by atoms with E-state index in [9.17, 15) is 27.9 Å². The van der Waals surface area contributed by atoms with Gasteiger partial charge in [0.1, 0.15) is 6.61 Å². The molecule has 0 aliphatic carbocycles. The molecule has 0 aliphatic rings. The van der Waals surface area contributed by atoms with E-state index in [2.05, 4.69) is 10.6 Å². The first kappa shape index (κ1) is 27.3. The number of benzene rings is 3. The van der Waals surface area contributed by atoms with E-state index >= 15 is 0 Å². The summed E-state index contributed by atoms with van der Waals surface area (Å²) >= 11 is 0. The van der Waals surface area contributed by atoms with Crippen molar-refractivity contribution in [2.75, 3.05) is 17.6 Å². The van der Waals surface area contributed by atoms with Gasteiger partial charge in [-0.3, -0.25) is 10.1 Å². The molecule has 3 aromatic rings. The fourth-order valence-electron chi connectivity index (χ4n) is 3.61. The molecule has 0 aromatic heterocycles. The van der Waals surface area contributed by atoms with Crippen molar-refractivity contribution in [3.63, 3.8) is 0 Å². The third-order valence-corrected chi connectivity index (χ3v) is 5.37. The molecule has 10 heteroatoms. The molecule has 3 aromatic carbocycles. The number of alkyl halides is 3. The normalized spacial score (nSPS) is 12.9. The highest BCUT2D eigenvalue weighted by Gasteiger charge is 2.31. The lowest BCUT2D eigenvalue weighted by Crippen LogP contribution is -2.33. The number of carboxylic acids is 1. The molecule has 1 atom stereocenters. The van der Waals surface area contributed by atoms with Crippen LogP contribution in [0.1, 0.15) is 29.7 Å². The van der Waals surface area contributed by atoms with E-state index in [1.54, 1.807) is 48.5 Å². The zero-order valence-electron chi connectivity index (χ0n) is 19.9. The number of ether oxygens (including phenoxy) is 1. The number of aliphatic carboxylic acids is 1. The fourth-order valence-corrected chi connectivity index (χ4v) is 3.61. The summed E-state index contributed by atoms with van der Waals surface area (Å²) in [4.78, 5) is 24.7. The van der Waals surface area contributed by atoms with Crippen molar-refractivity contribution in [3.8, 4) is 0 Å². The second kappa shape index (κ2) is 12.1. The lowest BCUT2D eigenvalue weighted by Gasteiger charge is -2.24. The van der Waals surface area contributed by atoms with E-state index in [4.69, 9.17) is 10.5 Å². The number of esters is 1.